The van der Waals surface area contributed by atoms with Crippen molar-refractivity contribution in [3.63, 3.8) is 0 Å². The zero-order chi connectivity index (χ0) is 10.6. The molecule has 15 heavy (non-hydrogen) atoms. The molecule has 1 aliphatic carbocycles. The first-order chi connectivity index (χ1) is 7.12. The largest absolute Gasteiger partial charge is 0.385 e. The Bertz CT molecular complexity index is 540. The third-order valence-electron chi connectivity index (χ3n) is 3.18. The van der Waals surface area contributed by atoms with Crippen molar-refractivity contribution < 1.29 is 5.11 Å². The molecule has 1 aromatic heterocycles. The summed E-state index contributed by atoms with van der Waals surface area (Å²) in [4.78, 5) is 0. The summed E-state index contributed by atoms with van der Waals surface area (Å²) >= 11 is 3.54. The summed E-state index contributed by atoms with van der Waals surface area (Å²) in [5.74, 6) is 0. The third kappa shape index (κ3) is 1.26. The fraction of sp³-hybridized carbons (Fsp3) is 0.333. The van der Waals surface area contributed by atoms with E-state index in [-0.39, 0.29) is 0 Å². The van der Waals surface area contributed by atoms with Crippen LogP contribution in [-0.2, 0) is 12.6 Å². The number of halogens is 1. The molecule has 0 atom stereocenters. The molecule has 1 N–H and O–H groups in total. The maximum absolute atomic E-state index is 10.2. The summed E-state index contributed by atoms with van der Waals surface area (Å²) in [6, 6.07) is 6.12. The number of fused-ring (bicyclic) bond motifs is 1. The van der Waals surface area contributed by atoms with Crippen molar-refractivity contribution in [3.8, 4) is 0 Å². The number of hydrogen-bond donors (Lipinski definition) is 1. The monoisotopic (exact) mass is 265 g/mol. The van der Waals surface area contributed by atoms with Crippen LogP contribution in [-0.4, -0.2) is 9.67 Å². The second kappa shape index (κ2) is 2.86. The molecule has 0 bridgehead atoms. The Labute approximate surface area is 96.6 Å². The van der Waals surface area contributed by atoms with E-state index in [0.717, 1.165) is 28.4 Å². The van der Waals surface area contributed by atoms with E-state index in [2.05, 4.69) is 26.6 Å². The summed E-state index contributed by atoms with van der Waals surface area (Å²) < 4.78 is 3.16. The van der Waals surface area contributed by atoms with Crippen LogP contribution in [0, 0.1) is 0 Å². The van der Waals surface area contributed by atoms with Crippen LogP contribution in [0.5, 0.6) is 0 Å². The van der Waals surface area contributed by atoms with Crippen LogP contribution in [0.2, 0.25) is 0 Å². The molecule has 3 rings (SSSR count). The molecule has 1 saturated carbocycles. The van der Waals surface area contributed by atoms with E-state index in [0.29, 0.717) is 0 Å². The minimum Gasteiger partial charge on any atom is -0.385 e. The molecule has 0 unspecified atom stereocenters. The van der Waals surface area contributed by atoms with Crippen molar-refractivity contribution in [2.75, 3.05) is 0 Å². The normalized spacial score (nSPS) is 18.3. The minimum absolute atomic E-state index is 0.564. The summed E-state index contributed by atoms with van der Waals surface area (Å²) in [5, 5.41) is 11.4. The topological polar surface area (TPSA) is 25.2 Å². The van der Waals surface area contributed by atoms with Gasteiger partial charge in [0.15, 0.2) is 0 Å². The van der Waals surface area contributed by atoms with Crippen molar-refractivity contribution in [1.29, 1.82) is 0 Å². The number of rotatable bonds is 1. The number of aromatic nitrogens is 1. The van der Waals surface area contributed by atoms with Gasteiger partial charge in [-0.1, -0.05) is 18.2 Å². The molecule has 2 aromatic rings. The molecule has 78 valence electrons. The molecule has 0 amide bonds. The van der Waals surface area contributed by atoms with Gasteiger partial charge < -0.3 is 9.67 Å². The SMILES string of the molecule is Cn1cc(Br)c2cccc(C3(O)CC3)c21. The highest BCUT2D eigenvalue weighted by Crippen LogP contribution is 2.48. The minimum atomic E-state index is -0.564. The molecule has 0 saturated heterocycles. The Kier molecular flexibility index (Phi) is 1.80. The lowest BCUT2D eigenvalue weighted by molar-refractivity contribution is 0.153. The van der Waals surface area contributed by atoms with Crippen molar-refractivity contribution in [1.82, 2.24) is 4.57 Å². The lowest BCUT2D eigenvalue weighted by Crippen LogP contribution is -2.06. The molecule has 0 aliphatic heterocycles. The zero-order valence-electron chi connectivity index (χ0n) is 8.50. The van der Waals surface area contributed by atoms with Crippen LogP contribution in [0.3, 0.4) is 0 Å². The van der Waals surface area contributed by atoms with Gasteiger partial charge in [-0.15, -0.1) is 0 Å². The fourth-order valence-electron chi connectivity index (χ4n) is 2.18. The maximum Gasteiger partial charge on any atom is 0.0919 e. The van der Waals surface area contributed by atoms with Crippen LogP contribution < -0.4 is 0 Å². The van der Waals surface area contributed by atoms with Gasteiger partial charge in [0, 0.05) is 28.7 Å². The Morgan fingerprint density at radius 3 is 2.80 bits per heavy atom. The number of benzene rings is 1. The van der Waals surface area contributed by atoms with Crippen molar-refractivity contribution >= 4 is 26.8 Å². The quantitative estimate of drug-likeness (QED) is 0.843. The number of hydrogen-bond acceptors (Lipinski definition) is 1. The highest BCUT2D eigenvalue weighted by Gasteiger charge is 2.43. The molecule has 1 aliphatic rings. The molecule has 1 heterocycles. The summed E-state index contributed by atoms with van der Waals surface area (Å²) in [6.45, 7) is 0. The van der Waals surface area contributed by atoms with Gasteiger partial charge in [-0.25, -0.2) is 0 Å². The van der Waals surface area contributed by atoms with Gasteiger partial charge in [0.2, 0.25) is 0 Å². The number of para-hydroxylation sites is 1. The van der Waals surface area contributed by atoms with E-state index in [4.69, 9.17) is 0 Å². The van der Waals surface area contributed by atoms with Crippen molar-refractivity contribution in [2.24, 2.45) is 7.05 Å². The maximum atomic E-state index is 10.2. The molecule has 0 radical (unpaired) electrons. The van der Waals surface area contributed by atoms with Gasteiger partial charge in [-0.05, 0) is 28.8 Å². The van der Waals surface area contributed by atoms with Crippen LogP contribution in [0.4, 0.5) is 0 Å². The Balaban J connectivity index is 2.39. The zero-order valence-corrected chi connectivity index (χ0v) is 10.1. The lowest BCUT2D eigenvalue weighted by atomic mass is 10.0. The average molecular weight is 266 g/mol. The van der Waals surface area contributed by atoms with Crippen molar-refractivity contribution in [3.05, 3.63) is 34.4 Å². The first kappa shape index (κ1) is 9.43. The van der Waals surface area contributed by atoms with Crippen LogP contribution in [0.15, 0.2) is 28.9 Å². The number of aryl methyl sites for hydroxylation is 1. The first-order valence-corrected chi connectivity index (χ1v) is 5.87. The smallest absolute Gasteiger partial charge is 0.0919 e. The van der Waals surface area contributed by atoms with E-state index >= 15 is 0 Å². The highest BCUT2D eigenvalue weighted by molar-refractivity contribution is 9.10. The molecule has 0 spiro atoms. The predicted molar refractivity (Wildman–Crippen MR) is 63.7 cm³/mol. The Hall–Kier alpha value is -0.800. The summed E-state index contributed by atoms with van der Waals surface area (Å²) in [6.07, 6.45) is 3.81. The first-order valence-electron chi connectivity index (χ1n) is 5.08. The molecular formula is C12H12BrNO. The fourth-order valence-corrected chi connectivity index (χ4v) is 2.81. The van der Waals surface area contributed by atoms with Gasteiger partial charge >= 0.3 is 0 Å². The van der Waals surface area contributed by atoms with Gasteiger partial charge in [0.1, 0.15) is 0 Å². The molecule has 2 nitrogen and oxygen atoms in total. The van der Waals surface area contributed by atoms with Crippen LogP contribution in [0.1, 0.15) is 18.4 Å². The van der Waals surface area contributed by atoms with Crippen LogP contribution >= 0.6 is 15.9 Å². The molecule has 3 heteroatoms. The van der Waals surface area contributed by atoms with E-state index in [1.165, 1.54) is 5.39 Å². The van der Waals surface area contributed by atoms with E-state index in [1.807, 2.05) is 25.4 Å². The summed E-state index contributed by atoms with van der Waals surface area (Å²) in [5.41, 5.74) is 1.64. The lowest BCUT2D eigenvalue weighted by Gasteiger charge is -2.11. The van der Waals surface area contributed by atoms with E-state index in [1.54, 1.807) is 0 Å². The van der Waals surface area contributed by atoms with Gasteiger partial charge in [0.05, 0.1) is 11.1 Å². The van der Waals surface area contributed by atoms with Gasteiger partial charge in [0.25, 0.3) is 0 Å². The van der Waals surface area contributed by atoms with E-state index < -0.39 is 5.60 Å². The van der Waals surface area contributed by atoms with Gasteiger partial charge in [-0.3, -0.25) is 0 Å². The number of nitrogens with zero attached hydrogens (tertiary/aromatic N) is 1. The van der Waals surface area contributed by atoms with E-state index in [9.17, 15) is 5.11 Å². The second-order valence-corrected chi connectivity index (χ2v) is 5.18. The highest BCUT2D eigenvalue weighted by atomic mass is 79.9. The van der Waals surface area contributed by atoms with Gasteiger partial charge in [-0.2, -0.15) is 0 Å². The summed E-state index contributed by atoms with van der Waals surface area (Å²) in [7, 11) is 2.02. The van der Waals surface area contributed by atoms with Crippen molar-refractivity contribution in [2.45, 2.75) is 18.4 Å². The van der Waals surface area contributed by atoms with Crippen LogP contribution in [0.25, 0.3) is 10.9 Å². The standard InChI is InChI=1S/C12H12BrNO/c1-14-7-10(13)8-3-2-4-9(11(8)14)12(15)5-6-12/h2-4,7,15H,5-6H2,1H3. The third-order valence-corrected chi connectivity index (χ3v) is 3.81. The Morgan fingerprint density at radius 2 is 2.13 bits per heavy atom. The number of aliphatic hydroxyl groups is 1. The predicted octanol–water partition coefficient (Wildman–Crippen LogP) is 2.92. The molecule has 1 aromatic carbocycles. The Morgan fingerprint density at radius 1 is 1.40 bits per heavy atom. The molecule has 1 fully saturated rings. The molecular weight excluding hydrogens is 254 g/mol. The average Bonchev–Trinajstić information content (AvgIpc) is 2.89. The second-order valence-electron chi connectivity index (χ2n) is 4.32.